The molecule has 1 heterocycles. The summed E-state index contributed by atoms with van der Waals surface area (Å²) in [6, 6.07) is 3.01. The molecule has 0 fully saturated rings. The van der Waals surface area contributed by atoms with Crippen LogP contribution in [-0.2, 0) is 0 Å². The number of nitrogens with zero attached hydrogens (tertiary/aromatic N) is 1. The Hall–Kier alpha value is -1.91. The smallest absolute Gasteiger partial charge is 0.250 e. The molecule has 0 aromatic carbocycles. The SMILES string of the molecule is Cc1nc(C(=N)N)ccc1C(N)=O. The molecule has 0 saturated heterocycles. The molecule has 1 amide bonds. The van der Waals surface area contributed by atoms with E-state index in [0.717, 1.165) is 0 Å². The van der Waals surface area contributed by atoms with Crippen molar-refractivity contribution in [3.8, 4) is 0 Å². The summed E-state index contributed by atoms with van der Waals surface area (Å²) in [5.41, 5.74) is 11.5. The number of amides is 1. The van der Waals surface area contributed by atoms with Crippen molar-refractivity contribution in [3.63, 3.8) is 0 Å². The predicted octanol–water partition coefficient (Wildman–Crippen LogP) is -0.227. The molecule has 0 aliphatic heterocycles. The number of aromatic nitrogens is 1. The number of nitrogens with two attached hydrogens (primary N) is 2. The summed E-state index contributed by atoms with van der Waals surface area (Å²) in [6.45, 7) is 1.65. The number of hydrogen-bond acceptors (Lipinski definition) is 3. The number of amidine groups is 1. The second-order valence-corrected chi connectivity index (χ2v) is 2.61. The molecule has 0 aliphatic rings. The molecule has 68 valence electrons. The normalized spacial score (nSPS) is 9.62. The number of primary amides is 1. The molecule has 13 heavy (non-hydrogen) atoms. The molecular formula is C8H10N4O. The molecule has 1 aromatic rings. The first-order chi connectivity index (χ1) is 6.02. The van der Waals surface area contributed by atoms with Crippen LogP contribution in [0, 0.1) is 12.3 Å². The monoisotopic (exact) mass is 178 g/mol. The standard InChI is InChI=1S/C8H10N4O/c1-4-5(8(11)13)2-3-6(12-4)7(9)10/h2-3H,1H3,(H3,9,10)(H2,11,13). The van der Waals surface area contributed by atoms with Crippen molar-refractivity contribution in [2.75, 3.05) is 0 Å². The number of carbonyl (C=O) groups is 1. The van der Waals surface area contributed by atoms with Gasteiger partial charge in [-0.25, -0.2) is 4.98 Å². The second-order valence-electron chi connectivity index (χ2n) is 2.61. The molecule has 0 saturated carbocycles. The number of hydrogen-bond donors (Lipinski definition) is 3. The van der Waals surface area contributed by atoms with Crippen molar-refractivity contribution in [2.24, 2.45) is 11.5 Å². The van der Waals surface area contributed by atoms with E-state index in [1.807, 2.05) is 0 Å². The summed E-state index contributed by atoms with van der Waals surface area (Å²) >= 11 is 0. The molecule has 0 radical (unpaired) electrons. The highest BCUT2D eigenvalue weighted by atomic mass is 16.1. The molecule has 0 atom stereocenters. The molecule has 5 N–H and O–H groups in total. The van der Waals surface area contributed by atoms with Crippen LogP contribution in [-0.4, -0.2) is 16.7 Å². The van der Waals surface area contributed by atoms with Gasteiger partial charge in [0.2, 0.25) is 0 Å². The van der Waals surface area contributed by atoms with E-state index in [2.05, 4.69) is 4.98 Å². The van der Waals surface area contributed by atoms with Crippen molar-refractivity contribution in [1.29, 1.82) is 5.41 Å². The van der Waals surface area contributed by atoms with Gasteiger partial charge in [-0.15, -0.1) is 0 Å². The lowest BCUT2D eigenvalue weighted by Gasteiger charge is -2.02. The van der Waals surface area contributed by atoms with Crippen LogP contribution in [0.15, 0.2) is 12.1 Å². The first-order valence-corrected chi connectivity index (χ1v) is 3.64. The third-order valence-electron chi connectivity index (χ3n) is 1.63. The van der Waals surface area contributed by atoms with E-state index in [4.69, 9.17) is 16.9 Å². The Morgan fingerprint density at radius 3 is 2.46 bits per heavy atom. The molecule has 0 bridgehead atoms. The van der Waals surface area contributed by atoms with E-state index in [1.165, 1.54) is 12.1 Å². The van der Waals surface area contributed by atoms with Gasteiger partial charge in [0.05, 0.1) is 11.3 Å². The van der Waals surface area contributed by atoms with Crippen molar-refractivity contribution < 1.29 is 4.79 Å². The second kappa shape index (κ2) is 3.22. The topological polar surface area (TPSA) is 106 Å². The van der Waals surface area contributed by atoms with Crippen LogP contribution in [0.5, 0.6) is 0 Å². The first kappa shape index (κ1) is 9.18. The van der Waals surface area contributed by atoms with Crippen molar-refractivity contribution in [2.45, 2.75) is 6.92 Å². The highest BCUT2D eigenvalue weighted by Crippen LogP contribution is 2.05. The lowest BCUT2D eigenvalue weighted by molar-refractivity contribution is 0.0999. The van der Waals surface area contributed by atoms with Gasteiger partial charge in [0.15, 0.2) is 0 Å². The maximum Gasteiger partial charge on any atom is 0.250 e. The highest BCUT2D eigenvalue weighted by Gasteiger charge is 2.07. The molecule has 0 spiro atoms. The minimum absolute atomic E-state index is 0.126. The van der Waals surface area contributed by atoms with Gasteiger partial charge in [-0.1, -0.05) is 0 Å². The molecular weight excluding hydrogens is 168 g/mol. The van der Waals surface area contributed by atoms with Crippen LogP contribution in [0.25, 0.3) is 0 Å². The highest BCUT2D eigenvalue weighted by molar-refractivity contribution is 5.96. The van der Waals surface area contributed by atoms with Crippen LogP contribution in [0.1, 0.15) is 21.7 Å². The molecule has 5 heteroatoms. The van der Waals surface area contributed by atoms with E-state index in [9.17, 15) is 4.79 Å². The van der Waals surface area contributed by atoms with Gasteiger partial charge >= 0.3 is 0 Å². The average Bonchev–Trinajstić information content (AvgIpc) is 2.03. The van der Waals surface area contributed by atoms with Gasteiger partial charge in [-0.2, -0.15) is 0 Å². The van der Waals surface area contributed by atoms with Gasteiger partial charge in [0.1, 0.15) is 11.5 Å². The zero-order valence-corrected chi connectivity index (χ0v) is 7.16. The van der Waals surface area contributed by atoms with E-state index in [0.29, 0.717) is 17.0 Å². The van der Waals surface area contributed by atoms with Gasteiger partial charge in [-0.3, -0.25) is 10.2 Å². The minimum Gasteiger partial charge on any atom is -0.382 e. The van der Waals surface area contributed by atoms with Crippen molar-refractivity contribution >= 4 is 11.7 Å². The van der Waals surface area contributed by atoms with Crippen LogP contribution in [0.4, 0.5) is 0 Å². The Labute approximate surface area is 75.3 Å². The lowest BCUT2D eigenvalue weighted by atomic mass is 10.1. The molecule has 1 rings (SSSR count). The van der Waals surface area contributed by atoms with E-state index < -0.39 is 5.91 Å². The Morgan fingerprint density at radius 1 is 1.46 bits per heavy atom. The fourth-order valence-electron chi connectivity index (χ4n) is 0.971. The Morgan fingerprint density at radius 2 is 2.08 bits per heavy atom. The van der Waals surface area contributed by atoms with E-state index >= 15 is 0 Å². The summed E-state index contributed by atoms with van der Waals surface area (Å²) in [6.07, 6.45) is 0. The fourth-order valence-corrected chi connectivity index (χ4v) is 0.971. The fraction of sp³-hybridized carbons (Fsp3) is 0.125. The molecule has 5 nitrogen and oxygen atoms in total. The van der Waals surface area contributed by atoms with Crippen LogP contribution < -0.4 is 11.5 Å². The minimum atomic E-state index is -0.528. The zero-order valence-electron chi connectivity index (χ0n) is 7.16. The van der Waals surface area contributed by atoms with Crippen molar-refractivity contribution in [1.82, 2.24) is 4.98 Å². The Bertz CT molecular complexity index is 372. The number of rotatable bonds is 2. The lowest BCUT2D eigenvalue weighted by Crippen LogP contribution is -2.17. The first-order valence-electron chi connectivity index (χ1n) is 3.64. The largest absolute Gasteiger partial charge is 0.382 e. The molecule has 0 unspecified atom stereocenters. The van der Waals surface area contributed by atoms with Crippen molar-refractivity contribution in [3.05, 3.63) is 29.1 Å². The maximum absolute atomic E-state index is 10.8. The summed E-state index contributed by atoms with van der Waals surface area (Å²) in [5, 5.41) is 7.11. The number of nitrogens with one attached hydrogen (secondary N) is 1. The average molecular weight is 178 g/mol. The molecule has 0 aliphatic carbocycles. The number of pyridine rings is 1. The van der Waals surface area contributed by atoms with Crippen LogP contribution in [0.2, 0.25) is 0 Å². The van der Waals surface area contributed by atoms with Gasteiger partial charge in [0, 0.05) is 0 Å². The van der Waals surface area contributed by atoms with Gasteiger partial charge < -0.3 is 11.5 Å². The Kier molecular flexibility index (Phi) is 2.27. The third kappa shape index (κ3) is 1.81. The Balaban J connectivity index is 3.20. The number of carbonyl (C=O) groups excluding carboxylic acids is 1. The predicted molar refractivity (Wildman–Crippen MR) is 48.5 cm³/mol. The maximum atomic E-state index is 10.8. The van der Waals surface area contributed by atoms with E-state index in [1.54, 1.807) is 6.92 Å². The van der Waals surface area contributed by atoms with Gasteiger partial charge in [-0.05, 0) is 19.1 Å². The van der Waals surface area contributed by atoms with Crippen LogP contribution in [0.3, 0.4) is 0 Å². The summed E-state index contributed by atoms with van der Waals surface area (Å²) in [7, 11) is 0. The van der Waals surface area contributed by atoms with E-state index in [-0.39, 0.29) is 5.84 Å². The summed E-state index contributed by atoms with van der Waals surface area (Å²) in [5.74, 6) is -0.653. The quantitative estimate of drug-likeness (QED) is 0.430. The summed E-state index contributed by atoms with van der Waals surface area (Å²) < 4.78 is 0. The zero-order chi connectivity index (χ0) is 10.0. The molecule has 1 aromatic heterocycles. The van der Waals surface area contributed by atoms with Crippen LogP contribution >= 0.6 is 0 Å². The van der Waals surface area contributed by atoms with Gasteiger partial charge in [0.25, 0.3) is 5.91 Å². The number of aryl methyl sites for hydroxylation is 1. The summed E-state index contributed by atoms with van der Waals surface area (Å²) in [4.78, 5) is 14.7. The third-order valence-corrected chi connectivity index (χ3v) is 1.63. The number of nitrogen functional groups attached to an aromatic ring is 1.